The third-order valence-electron chi connectivity index (χ3n) is 3.31. The molecular formula is C17H19BrFNO3. The van der Waals surface area contributed by atoms with Gasteiger partial charge in [0.1, 0.15) is 12.4 Å². The fraction of sp³-hybridized carbons (Fsp3) is 0.294. The summed E-state index contributed by atoms with van der Waals surface area (Å²) in [6.07, 6.45) is 0. The van der Waals surface area contributed by atoms with Gasteiger partial charge in [0.15, 0.2) is 11.5 Å². The molecule has 0 saturated heterocycles. The maximum absolute atomic E-state index is 13.7. The average molecular weight is 384 g/mol. The lowest BCUT2D eigenvalue weighted by Crippen LogP contribution is -2.18. The zero-order valence-electron chi connectivity index (χ0n) is 12.8. The van der Waals surface area contributed by atoms with Gasteiger partial charge in [0.05, 0.1) is 13.7 Å². The van der Waals surface area contributed by atoms with Crippen LogP contribution in [0.5, 0.6) is 11.5 Å². The highest BCUT2D eigenvalue weighted by atomic mass is 79.9. The number of hydrogen-bond donors (Lipinski definition) is 2. The van der Waals surface area contributed by atoms with Gasteiger partial charge in [-0.25, -0.2) is 4.39 Å². The highest BCUT2D eigenvalue weighted by molar-refractivity contribution is 9.10. The molecule has 23 heavy (non-hydrogen) atoms. The van der Waals surface area contributed by atoms with E-state index in [1.807, 2.05) is 6.07 Å². The van der Waals surface area contributed by atoms with Crippen LogP contribution in [-0.4, -0.2) is 25.4 Å². The molecule has 2 aromatic carbocycles. The molecule has 0 spiro atoms. The Kier molecular flexibility index (Phi) is 6.83. The van der Waals surface area contributed by atoms with E-state index in [9.17, 15) is 4.39 Å². The van der Waals surface area contributed by atoms with Crippen LogP contribution < -0.4 is 14.8 Å². The highest BCUT2D eigenvalue weighted by Crippen LogP contribution is 2.36. The summed E-state index contributed by atoms with van der Waals surface area (Å²) in [6, 6.07) is 10.2. The topological polar surface area (TPSA) is 50.7 Å². The minimum atomic E-state index is -0.304. The van der Waals surface area contributed by atoms with Gasteiger partial charge in [0.2, 0.25) is 0 Å². The van der Waals surface area contributed by atoms with E-state index in [0.717, 1.165) is 10.0 Å². The van der Waals surface area contributed by atoms with Gasteiger partial charge in [-0.2, -0.15) is 0 Å². The largest absolute Gasteiger partial charge is 0.493 e. The number of nitrogens with one attached hydrogen (secondary N) is 1. The first-order chi connectivity index (χ1) is 11.2. The first-order valence-corrected chi connectivity index (χ1v) is 7.99. The van der Waals surface area contributed by atoms with Crippen molar-refractivity contribution in [1.82, 2.24) is 5.32 Å². The van der Waals surface area contributed by atoms with E-state index in [1.165, 1.54) is 6.07 Å². The summed E-state index contributed by atoms with van der Waals surface area (Å²) in [4.78, 5) is 0. The van der Waals surface area contributed by atoms with Gasteiger partial charge in [0, 0.05) is 28.7 Å². The normalized spacial score (nSPS) is 10.6. The second-order valence-corrected chi connectivity index (χ2v) is 5.69. The SMILES string of the molecule is COc1ccc(Br)c(CNCCO)c1OCc1ccccc1F. The van der Waals surface area contributed by atoms with Gasteiger partial charge in [-0.05, 0) is 18.2 Å². The summed E-state index contributed by atoms with van der Waals surface area (Å²) in [5.74, 6) is 0.822. The summed E-state index contributed by atoms with van der Waals surface area (Å²) in [6.45, 7) is 1.11. The first-order valence-electron chi connectivity index (χ1n) is 7.20. The summed E-state index contributed by atoms with van der Waals surface area (Å²) < 4.78 is 25.8. The van der Waals surface area contributed by atoms with Crippen molar-refractivity contribution in [2.75, 3.05) is 20.3 Å². The standard InChI is InChI=1S/C17H19BrFNO3/c1-22-16-7-6-14(18)13(10-20-8-9-21)17(16)23-11-12-4-2-3-5-15(12)19/h2-7,20-21H,8-11H2,1H3. The molecule has 0 unspecified atom stereocenters. The van der Waals surface area contributed by atoms with Crippen molar-refractivity contribution in [1.29, 1.82) is 0 Å². The third kappa shape index (κ3) is 4.67. The molecule has 0 heterocycles. The number of methoxy groups -OCH3 is 1. The molecule has 124 valence electrons. The molecule has 6 heteroatoms. The van der Waals surface area contributed by atoms with Crippen molar-refractivity contribution in [3.05, 3.63) is 57.8 Å². The quantitative estimate of drug-likeness (QED) is 0.687. The van der Waals surface area contributed by atoms with Crippen molar-refractivity contribution >= 4 is 15.9 Å². The number of ether oxygens (including phenoxy) is 2. The number of halogens is 2. The molecule has 0 atom stereocenters. The molecule has 0 aliphatic carbocycles. The van der Waals surface area contributed by atoms with Gasteiger partial charge in [-0.15, -0.1) is 0 Å². The summed E-state index contributed by atoms with van der Waals surface area (Å²) in [5.41, 5.74) is 1.33. The minimum Gasteiger partial charge on any atom is -0.493 e. The Labute approximate surface area is 143 Å². The molecule has 0 fully saturated rings. The molecule has 2 aromatic rings. The Morgan fingerprint density at radius 2 is 2.00 bits per heavy atom. The Morgan fingerprint density at radius 3 is 2.70 bits per heavy atom. The fourth-order valence-corrected chi connectivity index (χ4v) is 2.58. The number of aliphatic hydroxyl groups excluding tert-OH is 1. The van der Waals surface area contributed by atoms with Crippen molar-refractivity contribution in [2.45, 2.75) is 13.2 Å². The lowest BCUT2D eigenvalue weighted by atomic mass is 10.1. The van der Waals surface area contributed by atoms with E-state index in [2.05, 4.69) is 21.2 Å². The minimum absolute atomic E-state index is 0.0486. The summed E-state index contributed by atoms with van der Waals surface area (Å²) in [7, 11) is 1.56. The molecule has 0 aliphatic rings. The number of rotatable bonds is 8. The lowest BCUT2D eigenvalue weighted by Gasteiger charge is -2.17. The molecule has 0 amide bonds. The van der Waals surface area contributed by atoms with Crippen molar-refractivity contribution in [3.8, 4) is 11.5 Å². The van der Waals surface area contributed by atoms with Crippen LogP contribution in [0.2, 0.25) is 0 Å². The second-order valence-electron chi connectivity index (χ2n) is 4.84. The third-order valence-corrected chi connectivity index (χ3v) is 4.05. The predicted octanol–water partition coefficient (Wildman–Crippen LogP) is 3.26. The molecule has 4 nitrogen and oxygen atoms in total. The fourth-order valence-electron chi connectivity index (χ4n) is 2.12. The van der Waals surface area contributed by atoms with Crippen LogP contribution in [0.1, 0.15) is 11.1 Å². The van der Waals surface area contributed by atoms with Gasteiger partial charge in [0.25, 0.3) is 0 Å². The zero-order chi connectivity index (χ0) is 16.7. The monoisotopic (exact) mass is 383 g/mol. The van der Waals surface area contributed by atoms with Crippen molar-refractivity contribution in [3.63, 3.8) is 0 Å². The summed E-state index contributed by atoms with van der Waals surface area (Å²) >= 11 is 3.49. The average Bonchev–Trinajstić information content (AvgIpc) is 2.56. The number of hydrogen-bond acceptors (Lipinski definition) is 4. The highest BCUT2D eigenvalue weighted by Gasteiger charge is 2.15. The maximum atomic E-state index is 13.7. The van der Waals surface area contributed by atoms with Crippen molar-refractivity contribution in [2.24, 2.45) is 0 Å². The molecule has 0 saturated carbocycles. The molecule has 2 N–H and O–H groups in total. The smallest absolute Gasteiger partial charge is 0.167 e. The van der Waals surface area contributed by atoms with Gasteiger partial charge in [-0.1, -0.05) is 34.1 Å². The Balaban J connectivity index is 2.23. The molecule has 0 aliphatic heterocycles. The summed E-state index contributed by atoms with van der Waals surface area (Å²) in [5, 5.41) is 12.0. The van der Waals surface area contributed by atoms with Gasteiger partial charge < -0.3 is 19.9 Å². The number of aliphatic hydroxyl groups is 1. The number of benzene rings is 2. The van der Waals surface area contributed by atoms with E-state index in [0.29, 0.717) is 30.2 Å². The van der Waals surface area contributed by atoms with Crippen LogP contribution in [0, 0.1) is 5.82 Å². The van der Waals surface area contributed by atoms with Crippen LogP contribution in [-0.2, 0) is 13.2 Å². The van der Waals surface area contributed by atoms with E-state index in [-0.39, 0.29) is 19.0 Å². The lowest BCUT2D eigenvalue weighted by molar-refractivity contribution is 0.273. The van der Waals surface area contributed by atoms with Crippen LogP contribution in [0.25, 0.3) is 0 Å². The van der Waals surface area contributed by atoms with Gasteiger partial charge in [-0.3, -0.25) is 0 Å². The Morgan fingerprint density at radius 1 is 1.22 bits per heavy atom. The zero-order valence-corrected chi connectivity index (χ0v) is 14.4. The van der Waals surface area contributed by atoms with Crippen LogP contribution in [0.4, 0.5) is 4.39 Å². The maximum Gasteiger partial charge on any atom is 0.167 e. The molecular weight excluding hydrogens is 365 g/mol. The van der Waals surface area contributed by atoms with E-state index in [1.54, 1.807) is 31.4 Å². The Bertz CT molecular complexity index is 652. The van der Waals surface area contributed by atoms with Crippen LogP contribution in [0.3, 0.4) is 0 Å². The molecule has 2 rings (SSSR count). The molecule has 0 bridgehead atoms. The second kappa shape index (κ2) is 8.86. The van der Waals surface area contributed by atoms with Crippen LogP contribution in [0.15, 0.2) is 40.9 Å². The van der Waals surface area contributed by atoms with Gasteiger partial charge >= 0.3 is 0 Å². The predicted molar refractivity (Wildman–Crippen MR) is 90.2 cm³/mol. The van der Waals surface area contributed by atoms with Crippen molar-refractivity contribution < 1.29 is 19.0 Å². The van der Waals surface area contributed by atoms with E-state index in [4.69, 9.17) is 14.6 Å². The Hall–Kier alpha value is -1.63. The molecule has 0 aromatic heterocycles. The van der Waals surface area contributed by atoms with E-state index < -0.39 is 0 Å². The first kappa shape index (κ1) is 17.7. The van der Waals surface area contributed by atoms with Crippen LogP contribution >= 0.6 is 15.9 Å². The molecule has 0 radical (unpaired) electrons. The van der Waals surface area contributed by atoms with E-state index >= 15 is 0 Å².